The molecule has 1 N–H and O–H groups in total. The molecule has 0 aromatic heterocycles. The van der Waals surface area contributed by atoms with Gasteiger partial charge in [-0.2, -0.15) is 5.10 Å². The fraction of sp³-hybridized carbons (Fsp3) is 0.176. The summed E-state index contributed by atoms with van der Waals surface area (Å²) < 4.78 is 0. The standard InChI is InChI=1S/C17H15ClN2O2/c18-14-5-3-13(4-6-14)16-9-10-20(19-16)17(22)11-12-1-7-15(21)8-2-12/h1-8,21H,9-11H2. The third kappa shape index (κ3) is 3.28. The van der Waals surface area contributed by atoms with Gasteiger partial charge < -0.3 is 5.11 Å². The number of hydrogen-bond acceptors (Lipinski definition) is 3. The van der Waals surface area contributed by atoms with Crippen LogP contribution in [0.3, 0.4) is 0 Å². The van der Waals surface area contributed by atoms with Crippen LogP contribution < -0.4 is 0 Å². The van der Waals surface area contributed by atoms with Gasteiger partial charge in [-0.3, -0.25) is 4.79 Å². The molecule has 5 heteroatoms. The molecule has 112 valence electrons. The van der Waals surface area contributed by atoms with Gasteiger partial charge in [0, 0.05) is 11.4 Å². The van der Waals surface area contributed by atoms with Gasteiger partial charge in [-0.1, -0.05) is 35.9 Å². The van der Waals surface area contributed by atoms with E-state index in [4.69, 9.17) is 11.6 Å². The minimum atomic E-state index is -0.0466. The number of hydrazone groups is 1. The molecule has 4 nitrogen and oxygen atoms in total. The van der Waals surface area contributed by atoms with Crippen molar-refractivity contribution in [2.24, 2.45) is 5.10 Å². The van der Waals surface area contributed by atoms with Gasteiger partial charge in [-0.05, 0) is 35.4 Å². The van der Waals surface area contributed by atoms with E-state index in [1.807, 2.05) is 24.3 Å². The zero-order valence-corrected chi connectivity index (χ0v) is 12.6. The monoisotopic (exact) mass is 314 g/mol. The van der Waals surface area contributed by atoms with Crippen molar-refractivity contribution in [3.63, 3.8) is 0 Å². The van der Waals surface area contributed by atoms with E-state index in [1.54, 1.807) is 24.3 Å². The Balaban J connectivity index is 1.69. The molecule has 1 amide bonds. The van der Waals surface area contributed by atoms with Gasteiger partial charge in [0.25, 0.3) is 0 Å². The summed E-state index contributed by atoms with van der Waals surface area (Å²) in [5.41, 5.74) is 2.75. The zero-order chi connectivity index (χ0) is 15.5. The van der Waals surface area contributed by atoms with Gasteiger partial charge in [-0.15, -0.1) is 0 Å². The van der Waals surface area contributed by atoms with Crippen LogP contribution in [-0.4, -0.2) is 28.3 Å². The molecule has 22 heavy (non-hydrogen) atoms. The number of phenolic OH excluding ortho intramolecular Hbond substituents is 1. The maximum Gasteiger partial charge on any atom is 0.247 e. The topological polar surface area (TPSA) is 52.9 Å². The highest BCUT2D eigenvalue weighted by molar-refractivity contribution is 6.30. The highest BCUT2D eigenvalue weighted by atomic mass is 35.5. The number of aromatic hydroxyl groups is 1. The molecule has 3 rings (SSSR count). The first-order valence-electron chi connectivity index (χ1n) is 7.03. The van der Waals surface area contributed by atoms with Crippen LogP contribution in [0.4, 0.5) is 0 Å². The van der Waals surface area contributed by atoms with Gasteiger partial charge in [0.2, 0.25) is 5.91 Å². The van der Waals surface area contributed by atoms with E-state index in [0.717, 1.165) is 23.3 Å². The van der Waals surface area contributed by atoms with Gasteiger partial charge in [0.05, 0.1) is 18.7 Å². The molecule has 1 aliphatic rings. The predicted octanol–water partition coefficient (Wildman–Crippen LogP) is 3.22. The Bertz CT molecular complexity index is 708. The predicted molar refractivity (Wildman–Crippen MR) is 86.1 cm³/mol. The van der Waals surface area contributed by atoms with E-state index in [9.17, 15) is 9.90 Å². The van der Waals surface area contributed by atoms with E-state index in [2.05, 4.69) is 5.10 Å². The van der Waals surface area contributed by atoms with Gasteiger partial charge in [-0.25, -0.2) is 5.01 Å². The number of phenols is 1. The van der Waals surface area contributed by atoms with Crippen molar-refractivity contribution in [1.82, 2.24) is 5.01 Å². The van der Waals surface area contributed by atoms with Crippen LogP contribution in [-0.2, 0) is 11.2 Å². The highest BCUT2D eigenvalue weighted by Crippen LogP contribution is 2.18. The smallest absolute Gasteiger partial charge is 0.247 e. The Morgan fingerprint density at radius 2 is 1.82 bits per heavy atom. The normalized spacial score (nSPS) is 14.0. The van der Waals surface area contributed by atoms with Gasteiger partial charge in [0.1, 0.15) is 5.75 Å². The minimum absolute atomic E-state index is 0.0466. The molecule has 0 radical (unpaired) electrons. The molecule has 2 aromatic rings. The van der Waals surface area contributed by atoms with E-state index >= 15 is 0 Å². The lowest BCUT2D eigenvalue weighted by atomic mass is 10.1. The molecule has 0 bridgehead atoms. The Morgan fingerprint density at radius 3 is 2.50 bits per heavy atom. The average Bonchev–Trinajstić information content (AvgIpc) is 3.00. The van der Waals surface area contributed by atoms with Crippen LogP contribution >= 0.6 is 11.6 Å². The number of carbonyl (C=O) groups excluding carboxylic acids is 1. The fourth-order valence-electron chi connectivity index (χ4n) is 2.36. The lowest BCUT2D eigenvalue weighted by Gasteiger charge is -2.11. The van der Waals surface area contributed by atoms with Crippen molar-refractivity contribution in [3.05, 3.63) is 64.7 Å². The van der Waals surface area contributed by atoms with E-state index in [-0.39, 0.29) is 18.1 Å². The number of benzene rings is 2. The quantitative estimate of drug-likeness (QED) is 0.945. The number of carbonyl (C=O) groups is 1. The molecule has 2 aromatic carbocycles. The first kappa shape index (κ1) is 14.6. The van der Waals surface area contributed by atoms with Crippen LogP contribution in [0.1, 0.15) is 17.5 Å². The zero-order valence-electron chi connectivity index (χ0n) is 11.9. The van der Waals surface area contributed by atoms with Gasteiger partial charge in [0.15, 0.2) is 0 Å². The lowest BCUT2D eigenvalue weighted by Crippen LogP contribution is -2.25. The van der Waals surface area contributed by atoms with Crippen molar-refractivity contribution in [2.75, 3.05) is 6.54 Å². The minimum Gasteiger partial charge on any atom is -0.508 e. The maximum atomic E-state index is 12.3. The van der Waals surface area contributed by atoms with Crippen molar-refractivity contribution in [2.45, 2.75) is 12.8 Å². The molecule has 0 fully saturated rings. The summed E-state index contributed by atoms with van der Waals surface area (Å²) in [5, 5.41) is 15.9. The SMILES string of the molecule is O=C(Cc1ccc(O)cc1)N1CCC(c2ccc(Cl)cc2)=N1. The van der Waals surface area contributed by atoms with Gasteiger partial charge >= 0.3 is 0 Å². The van der Waals surface area contributed by atoms with E-state index in [0.29, 0.717) is 11.6 Å². The molecule has 1 aliphatic heterocycles. The second kappa shape index (κ2) is 6.20. The average molecular weight is 315 g/mol. The van der Waals surface area contributed by atoms with Crippen LogP contribution in [0.25, 0.3) is 0 Å². The van der Waals surface area contributed by atoms with E-state index in [1.165, 1.54) is 5.01 Å². The molecule has 1 heterocycles. The van der Waals surface area contributed by atoms with Crippen molar-refractivity contribution in [1.29, 1.82) is 0 Å². The summed E-state index contributed by atoms with van der Waals surface area (Å²) in [5.74, 6) is 0.148. The number of rotatable bonds is 3. The Labute approximate surface area is 133 Å². The second-order valence-corrected chi connectivity index (χ2v) is 5.60. The summed E-state index contributed by atoms with van der Waals surface area (Å²) >= 11 is 5.88. The van der Waals surface area contributed by atoms with Crippen molar-refractivity contribution >= 4 is 23.2 Å². The second-order valence-electron chi connectivity index (χ2n) is 5.16. The fourth-order valence-corrected chi connectivity index (χ4v) is 2.49. The summed E-state index contributed by atoms with van der Waals surface area (Å²) in [6.45, 7) is 0.592. The van der Waals surface area contributed by atoms with Crippen molar-refractivity contribution < 1.29 is 9.90 Å². The number of amides is 1. The Kier molecular flexibility index (Phi) is 4.11. The third-order valence-corrected chi connectivity index (χ3v) is 3.81. The Morgan fingerprint density at radius 1 is 1.14 bits per heavy atom. The van der Waals surface area contributed by atoms with E-state index < -0.39 is 0 Å². The molecule has 0 saturated heterocycles. The molecule has 0 atom stereocenters. The van der Waals surface area contributed by atoms with Crippen LogP contribution in [0, 0.1) is 0 Å². The van der Waals surface area contributed by atoms with Crippen LogP contribution in [0.5, 0.6) is 5.75 Å². The molecule has 0 aliphatic carbocycles. The third-order valence-electron chi connectivity index (χ3n) is 3.56. The molecule has 0 saturated carbocycles. The molecular formula is C17H15ClN2O2. The first-order chi connectivity index (χ1) is 10.6. The summed E-state index contributed by atoms with van der Waals surface area (Å²) in [6, 6.07) is 14.1. The number of nitrogens with zero attached hydrogens (tertiary/aromatic N) is 2. The Hall–Kier alpha value is -2.33. The number of hydrogen-bond donors (Lipinski definition) is 1. The van der Waals surface area contributed by atoms with Crippen LogP contribution in [0.2, 0.25) is 5.02 Å². The largest absolute Gasteiger partial charge is 0.508 e. The maximum absolute atomic E-state index is 12.3. The highest BCUT2D eigenvalue weighted by Gasteiger charge is 2.21. The first-order valence-corrected chi connectivity index (χ1v) is 7.41. The van der Waals surface area contributed by atoms with Crippen molar-refractivity contribution in [3.8, 4) is 5.75 Å². The number of halogens is 1. The molecule has 0 unspecified atom stereocenters. The summed E-state index contributed by atoms with van der Waals surface area (Å²) in [6.07, 6.45) is 1.01. The van der Waals surface area contributed by atoms with Crippen LogP contribution in [0.15, 0.2) is 53.6 Å². The lowest BCUT2D eigenvalue weighted by molar-refractivity contribution is -0.130. The summed E-state index contributed by atoms with van der Waals surface area (Å²) in [7, 11) is 0. The summed E-state index contributed by atoms with van der Waals surface area (Å²) in [4.78, 5) is 12.3. The molecule has 0 spiro atoms. The molecular weight excluding hydrogens is 300 g/mol.